The summed E-state index contributed by atoms with van der Waals surface area (Å²) in [5.74, 6) is -6.32. The van der Waals surface area contributed by atoms with E-state index in [-0.39, 0.29) is 63.4 Å². The van der Waals surface area contributed by atoms with Crippen LogP contribution in [-0.4, -0.2) is 147 Å². The van der Waals surface area contributed by atoms with Gasteiger partial charge in [-0.3, -0.25) is 44.4 Å². The fourth-order valence-electron chi connectivity index (χ4n) is 3.60. The highest BCUT2D eigenvalue weighted by Gasteiger charge is 2.37. The summed E-state index contributed by atoms with van der Waals surface area (Å²) in [6.07, 6.45) is -1.52. The van der Waals surface area contributed by atoms with Gasteiger partial charge >= 0.3 is 5.97 Å². The van der Waals surface area contributed by atoms with E-state index in [0.29, 0.717) is 24.4 Å². The monoisotopic (exact) mass is 638 g/mol. The molecule has 0 rings (SSSR count). The quantitative estimate of drug-likeness (QED) is 0.0192. The Bertz CT molecular complexity index is 942. The van der Waals surface area contributed by atoms with Gasteiger partial charge in [-0.2, -0.15) is 0 Å². The topological polar surface area (TPSA) is 334 Å². The minimum Gasteiger partial charge on any atom is -0.479 e. The van der Waals surface area contributed by atoms with Gasteiger partial charge in [0.15, 0.2) is 6.10 Å². The first kappa shape index (κ1) is 40.0. The van der Waals surface area contributed by atoms with E-state index >= 15 is 0 Å². The van der Waals surface area contributed by atoms with E-state index in [1.165, 1.54) is 0 Å². The summed E-state index contributed by atoms with van der Waals surface area (Å²) in [6.45, 7) is -1.03. The minimum absolute atomic E-state index is 0.0378. The Balaban J connectivity index is 5.71. The van der Waals surface area contributed by atoms with Gasteiger partial charge in [-0.15, -0.1) is 0 Å². The summed E-state index contributed by atoms with van der Waals surface area (Å²) in [7, 11) is 0. The number of aliphatic hydroxyl groups is 2. The molecule has 6 amide bonds. The van der Waals surface area contributed by atoms with Crippen LogP contribution in [0.2, 0.25) is 0 Å². The van der Waals surface area contributed by atoms with Crippen LogP contribution in [0.4, 0.5) is 0 Å². The Morgan fingerprint density at radius 2 is 1.36 bits per heavy atom. The SMILES string of the molecule is NCCCCNC(=O)C(CCCN(O)C=O)NC(=O)C(CO)NC(=O)C(NC(=O)C(CCCN(O)O)NC=O)C(O)C(=O)O. The van der Waals surface area contributed by atoms with Gasteiger partial charge in [0, 0.05) is 13.1 Å². The van der Waals surface area contributed by atoms with Crippen molar-refractivity contribution in [1.82, 2.24) is 36.9 Å². The lowest BCUT2D eigenvalue weighted by atomic mass is 10.1. The highest BCUT2D eigenvalue weighted by Crippen LogP contribution is 2.04. The highest BCUT2D eigenvalue weighted by molar-refractivity contribution is 5.97. The van der Waals surface area contributed by atoms with Crippen LogP contribution in [-0.2, 0) is 33.6 Å². The molecule has 44 heavy (non-hydrogen) atoms. The van der Waals surface area contributed by atoms with Gasteiger partial charge in [-0.1, -0.05) is 5.23 Å². The first-order valence-electron chi connectivity index (χ1n) is 13.5. The zero-order chi connectivity index (χ0) is 33.7. The Kier molecular flexibility index (Phi) is 20.5. The lowest BCUT2D eigenvalue weighted by molar-refractivity contribution is -0.306. The van der Waals surface area contributed by atoms with E-state index in [0.717, 1.165) is 0 Å². The normalized spacial score (nSPS) is 14.2. The number of amides is 6. The number of rotatable bonds is 25. The number of carbonyl (C=O) groups excluding carboxylic acids is 6. The maximum atomic E-state index is 12.9. The molecule has 0 aromatic heterocycles. The molecule has 21 nitrogen and oxygen atoms in total. The number of hydroxylamine groups is 4. The van der Waals surface area contributed by atoms with E-state index in [2.05, 4.69) is 16.0 Å². The van der Waals surface area contributed by atoms with Crippen molar-refractivity contribution in [2.24, 2.45) is 5.73 Å². The van der Waals surface area contributed by atoms with Crippen molar-refractivity contribution in [3.05, 3.63) is 0 Å². The van der Waals surface area contributed by atoms with Crippen LogP contribution in [0.15, 0.2) is 0 Å². The Morgan fingerprint density at radius 3 is 1.91 bits per heavy atom. The number of aliphatic hydroxyl groups excluding tert-OH is 2. The Morgan fingerprint density at radius 1 is 0.773 bits per heavy atom. The maximum absolute atomic E-state index is 12.9. The molecule has 0 aromatic rings. The third-order valence-corrected chi connectivity index (χ3v) is 5.97. The zero-order valence-corrected chi connectivity index (χ0v) is 23.8. The number of hydrogen-bond donors (Lipinski definition) is 12. The average Bonchev–Trinajstić information content (AvgIpc) is 2.98. The number of nitrogens with two attached hydrogens (primary N) is 1. The van der Waals surface area contributed by atoms with Gasteiger partial charge in [0.1, 0.15) is 24.2 Å². The second kappa shape index (κ2) is 22.5. The third kappa shape index (κ3) is 16.0. The molecule has 0 aliphatic rings. The van der Waals surface area contributed by atoms with Gasteiger partial charge < -0.3 is 47.6 Å². The molecule has 13 N–H and O–H groups in total. The van der Waals surface area contributed by atoms with E-state index in [1.54, 1.807) is 0 Å². The van der Waals surface area contributed by atoms with Gasteiger partial charge in [0.2, 0.25) is 36.4 Å². The first-order valence-corrected chi connectivity index (χ1v) is 13.5. The van der Waals surface area contributed by atoms with Crippen LogP contribution in [0.1, 0.15) is 38.5 Å². The van der Waals surface area contributed by atoms with Crippen molar-refractivity contribution in [1.29, 1.82) is 0 Å². The molecule has 5 unspecified atom stereocenters. The smallest absolute Gasteiger partial charge is 0.335 e. The summed E-state index contributed by atoms with van der Waals surface area (Å²) >= 11 is 0. The molecule has 21 heteroatoms. The van der Waals surface area contributed by atoms with Gasteiger partial charge in [0.25, 0.3) is 0 Å². The fourth-order valence-corrected chi connectivity index (χ4v) is 3.60. The minimum atomic E-state index is -2.56. The maximum Gasteiger partial charge on any atom is 0.335 e. The first-order chi connectivity index (χ1) is 20.8. The molecule has 0 aromatic carbocycles. The number of carboxylic acid groups (broad SMARTS) is 1. The second-order valence-corrected chi connectivity index (χ2v) is 9.35. The van der Waals surface area contributed by atoms with Gasteiger partial charge in [-0.25, -0.2) is 9.86 Å². The number of unbranched alkanes of at least 4 members (excludes halogenated alkanes) is 1. The predicted octanol–water partition coefficient (Wildman–Crippen LogP) is -5.66. The molecule has 0 spiro atoms. The number of aliphatic carboxylic acids is 1. The van der Waals surface area contributed by atoms with Crippen molar-refractivity contribution < 1.29 is 64.5 Å². The molecule has 0 saturated heterocycles. The van der Waals surface area contributed by atoms with Crippen molar-refractivity contribution in [3.8, 4) is 0 Å². The van der Waals surface area contributed by atoms with Gasteiger partial charge in [0.05, 0.1) is 13.2 Å². The molecule has 0 bridgehead atoms. The summed E-state index contributed by atoms with van der Waals surface area (Å²) < 4.78 is 0. The summed E-state index contributed by atoms with van der Waals surface area (Å²) in [6, 6.07) is -6.73. The van der Waals surface area contributed by atoms with E-state index in [9.17, 15) is 54.1 Å². The Labute approximate surface area is 251 Å². The standard InChI is InChI=1S/C23H42N8O13/c24-7-1-2-8-25-19(36)15(6-3-9-30(42)13-34)27-21(38)16(11-32)28-22(39)17(18(35)23(40)41)29-20(37)14(26-12-33)5-4-10-31(43)44/h12-18,32,35,42-44H,1-11,24H2,(H,25,36)(H,26,33)(H,27,38)(H,28,39)(H,29,37)(H,40,41). The van der Waals surface area contributed by atoms with Crippen LogP contribution >= 0.6 is 0 Å². The molecule has 5 atom stereocenters. The fraction of sp³-hybridized carbons (Fsp3) is 0.696. The van der Waals surface area contributed by atoms with Crippen LogP contribution in [0.5, 0.6) is 0 Å². The summed E-state index contributed by atoms with van der Waals surface area (Å²) in [4.78, 5) is 84.2. The second-order valence-electron chi connectivity index (χ2n) is 9.35. The van der Waals surface area contributed by atoms with Crippen molar-refractivity contribution in [2.75, 3.05) is 32.8 Å². The molecule has 252 valence electrons. The number of hydrogen-bond acceptors (Lipinski definition) is 14. The van der Waals surface area contributed by atoms with Crippen molar-refractivity contribution in [2.45, 2.75) is 68.8 Å². The van der Waals surface area contributed by atoms with Crippen LogP contribution in [0, 0.1) is 0 Å². The van der Waals surface area contributed by atoms with Crippen LogP contribution < -0.4 is 32.3 Å². The molecule has 0 saturated carbocycles. The van der Waals surface area contributed by atoms with Crippen LogP contribution in [0.3, 0.4) is 0 Å². The van der Waals surface area contributed by atoms with E-state index in [1.807, 2.05) is 10.6 Å². The largest absolute Gasteiger partial charge is 0.479 e. The molecule has 0 heterocycles. The highest BCUT2D eigenvalue weighted by atomic mass is 16.8. The Hall–Kier alpha value is -3.99. The molecule has 0 aliphatic carbocycles. The molecule has 0 radical (unpaired) electrons. The molecular formula is C23H42N8O13. The lowest BCUT2D eigenvalue weighted by Gasteiger charge is -2.26. The average molecular weight is 639 g/mol. The third-order valence-electron chi connectivity index (χ3n) is 5.97. The molecule has 0 fully saturated rings. The summed E-state index contributed by atoms with van der Waals surface area (Å²) in [5.41, 5.74) is 5.42. The van der Waals surface area contributed by atoms with Gasteiger partial charge in [-0.05, 0) is 45.1 Å². The van der Waals surface area contributed by atoms with Crippen LogP contribution in [0.25, 0.3) is 0 Å². The number of carboxylic acids is 1. The zero-order valence-electron chi connectivity index (χ0n) is 23.8. The van der Waals surface area contributed by atoms with Crippen molar-refractivity contribution >= 4 is 42.4 Å². The lowest BCUT2D eigenvalue weighted by Crippen LogP contribution is -2.62. The molecular weight excluding hydrogens is 596 g/mol. The number of nitrogens with zero attached hydrogens (tertiary/aromatic N) is 2. The predicted molar refractivity (Wildman–Crippen MR) is 144 cm³/mol. The number of nitrogens with one attached hydrogen (secondary N) is 5. The molecule has 0 aliphatic heterocycles. The number of carbonyl (C=O) groups is 7. The van der Waals surface area contributed by atoms with E-state index < -0.39 is 66.5 Å². The van der Waals surface area contributed by atoms with Crippen molar-refractivity contribution in [3.63, 3.8) is 0 Å². The van der Waals surface area contributed by atoms with E-state index in [4.69, 9.17) is 16.1 Å². The summed E-state index contributed by atoms with van der Waals surface area (Å²) in [5, 5.41) is 67.0.